The van der Waals surface area contributed by atoms with Crippen LogP contribution in [0.5, 0.6) is 0 Å². The van der Waals surface area contributed by atoms with Crippen LogP contribution in [-0.2, 0) is 6.54 Å². The minimum atomic E-state index is 0. The van der Waals surface area contributed by atoms with Crippen molar-refractivity contribution in [3.05, 3.63) is 69.7 Å². The largest absolute Gasteiger partial charge is 0.412 e. The number of nitrogens with one attached hydrogen (secondary N) is 2. The lowest BCUT2D eigenvalue weighted by molar-refractivity contribution is 0.318. The topological polar surface area (TPSA) is 177 Å². The average Bonchev–Trinajstić information content (AvgIpc) is 2.76. The van der Waals surface area contributed by atoms with Gasteiger partial charge in [0.1, 0.15) is 0 Å². The number of aliphatic hydroxyl groups excluding tert-OH is 1. The number of hydrogen-bond acceptors (Lipinski definition) is 8. The molecule has 0 aliphatic rings. The molecule has 31 heavy (non-hydrogen) atoms. The lowest BCUT2D eigenvalue weighted by atomic mass is 10.3. The van der Waals surface area contributed by atoms with Crippen LogP contribution in [0.1, 0.15) is 14.0 Å². The molecule has 0 saturated carbocycles. The first-order valence-corrected chi connectivity index (χ1v) is 9.68. The molecule has 168 valence electrons. The van der Waals surface area contributed by atoms with Gasteiger partial charge >= 0.3 is 0 Å². The summed E-state index contributed by atoms with van der Waals surface area (Å²) in [7, 11) is 0. The van der Waals surface area contributed by atoms with Crippen molar-refractivity contribution in [3.8, 4) is 0 Å². The highest BCUT2D eigenvalue weighted by Crippen LogP contribution is 2.20. The van der Waals surface area contributed by atoms with Crippen molar-refractivity contribution in [1.82, 2.24) is 19.9 Å². The number of nitrogens with two attached hydrogens (primary N) is 1. The van der Waals surface area contributed by atoms with Gasteiger partial charge in [-0.25, -0.2) is 31.0 Å². The van der Waals surface area contributed by atoms with Gasteiger partial charge in [-0.05, 0) is 31.2 Å². The van der Waals surface area contributed by atoms with Crippen molar-refractivity contribution in [2.75, 3.05) is 6.61 Å². The van der Waals surface area contributed by atoms with E-state index in [1.165, 1.54) is 0 Å². The van der Waals surface area contributed by atoms with Gasteiger partial charge in [-0.15, -0.1) is 0 Å². The molecule has 0 amide bonds. The van der Waals surface area contributed by atoms with E-state index in [0.717, 1.165) is 22.1 Å². The monoisotopic (exact) mass is 487 g/mol. The van der Waals surface area contributed by atoms with E-state index in [1.807, 2.05) is 48.5 Å². The molecule has 4 rings (SSSR count). The van der Waals surface area contributed by atoms with E-state index in [9.17, 15) is 0 Å². The molecular formula is C19H24Cl3N7O2. The molecule has 0 atom stereocenters. The zero-order chi connectivity index (χ0) is 22.5. The number of aliphatic hydroxyl groups is 1. The summed E-state index contributed by atoms with van der Waals surface area (Å²) in [6, 6.07) is 15.0. The third-order valence-electron chi connectivity index (χ3n) is 3.28. The lowest BCUT2D eigenvalue weighted by Gasteiger charge is -2.01. The number of para-hydroxylation sites is 4. The molecule has 7 N–H and O–H groups in total. The number of nitrogens with zero attached hydrogens (tertiary/aromatic N) is 4. The van der Waals surface area contributed by atoms with E-state index >= 15 is 0 Å². The fraction of sp³-hybridized carbons (Fsp3) is 0.158. The van der Waals surface area contributed by atoms with Crippen molar-refractivity contribution in [1.29, 1.82) is 11.1 Å². The molecule has 0 aliphatic carbocycles. The Labute approximate surface area is 195 Å². The Morgan fingerprint density at radius 1 is 0.774 bits per heavy atom. The number of rotatable bonds is 1. The first-order chi connectivity index (χ1) is 14.5. The van der Waals surface area contributed by atoms with E-state index in [0.29, 0.717) is 17.4 Å². The normalized spacial score (nSPS) is 9.23. The van der Waals surface area contributed by atoms with Crippen LogP contribution in [0.3, 0.4) is 0 Å². The van der Waals surface area contributed by atoms with Gasteiger partial charge in [-0.1, -0.05) is 59.1 Å². The summed E-state index contributed by atoms with van der Waals surface area (Å²) in [5.41, 5.74) is 19.2. The van der Waals surface area contributed by atoms with Crippen molar-refractivity contribution < 1.29 is 12.0 Å². The van der Waals surface area contributed by atoms with Gasteiger partial charge < -0.3 is 16.3 Å². The van der Waals surface area contributed by atoms with Crippen LogP contribution in [0, 0.1) is 11.1 Å². The molecule has 2 aromatic heterocycles. The Morgan fingerprint density at radius 2 is 1.06 bits per heavy atom. The summed E-state index contributed by atoms with van der Waals surface area (Å²) in [4.78, 5) is 16.5. The molecule has 2 aromatic carbocycles. The van der Waals surface area contributed by atoms with E-state index in [-0.39, 0.29) is 23.8 Å². The zero-order valence-corrected chi connectivity index (χ0v) is 18.7. The van der Waals surface area contributed by atoms with Crippen LogP contribution in [-0.4, -0.2) is 37.1 Å². The van der Waals surface area contributed by atoms with Gasteiger partial charge in [0.05, 0.1) is 27.8 Å². The molecule has 12 heteroatoms. The molecule has 0 fully saturated rings. The SMILES string of the molecule is CCO.Clc1nc2ccccc2nc1Cl.N=N.NCc1nc2ccccc2nc1Cl.O.[HH]. The van der Waals surface area contributed by atoms with Crippen molar-refractivity contribution >= 4 is 56.9 Å². The fourth-order valence-electron chi connectivity index (χ4n) is 2.10. The van der Waals surface area contributed by atoms with Crippen LogP contribution in [0.15, 0.2) is 48.5 Å². The average molecular weight is 489 g/mol. The maximum atomic E-state index is 7.57. The van der Waals surface area contributed by atoms with Crippen LogP contribution >= 0.6 is 34.8 Å². The Morgan fingerprint density at radius 3 is 1.39 bits per heavy atom. The molecule has 4 aromatic rings. The Bertz CT molecular complexity index is 1050. The number of benzene rings is 2. The summed E-state index contributed by atoms with van der Waals surface area (Å²) in [5.74, 6) is 0. The molecule has 2 heterocycles. The highest BCUT2D eigenvalue weighted by molar-refractivity contribution is 6.40. The van der Waals surface area contributed by atoms with Crippen LogP contribution in [0.2, 0.25) is 15.5 Å². The second kappa shape index (κ2) is 15.3. The minimum Gasteiger partial charge on any atom is -0.412 e. The molecular weight excluding hydrogens is 465 g/mol. The van der Waals surface area contributed by atoms with Gasteiger partial charge in [-0.3, -0.25) is 0 Å². The Balaban J connectivity index is 0. The number of hydrogen-bond donors (Lipinski definition) is 4. The Hall–Kier alpha value is -2.53. The van der Waals surface area contributed by atoms with Gasteiger partial charge in [0.25, 0.3) is 0 Å². The smallest absolute Gasteiger partial charge is 0.167 e. The zero-order valence-electron chi connectivity index (χ0n) is 16.5. The number of fused-ring (bicyclic) bond motifs is 2. The van der Waals surface area contributed by atoms with E-state index in [4.69, 9.17) is 56.7 Å². The quantitative estimate of drug-likeness (QED) is 0.282. The van der Waals surface area contributed by atoms with Gasteiger partial charge in [0.15, 0.2) is 15.5 Å². The summed E-state index contributed by atoms with van der Waals surface area (Å²) < 4.78 is 0. The summed E-state index contributed by atoms with van der Waals surface area (Å²) >= 11 is 17.2. The molecule has 0 bridgehead atoms. The summed E-state index contributed by atoms with van der Waals surface area (Å²) in [6.45, 7) is 2.25. The van der Waals surface area contributed by atoms with Crippen LogP contribution in [0.4, 0.5) is 0 Å². The van der Waals surface area contributed by atoms with E-state index in [2.05, 4.69) is 19.9 Å². The van der Waals surface area contributed by atoms with E-state index in [1.54, 1.807) is 6.92 Å². The molecule has 0 radical (unpaired) electrons. The van der Waals surface area contributed by atoms with Gasteiger partial charge in [0.2, 0.25) is 0 Å². The maximum absolute atomic E-state index is 7.57. The van der Waals surface area contributed by atoms with Crippen molar-refractivity contribution in [2.24, 2.45) is 5.73 Å². The summed E-state index contributed by atoms with van der Waals surface area (Å²) in [6.07, 6.45) is 0. The fourth-order valence-corrected chi connectivity index (χ4v) is 2.58. The predicted molar refractivity (Wildman–Crippen MR) is 126 cm³/mol. The number of halogens is 3. The molecule has 0 aliphatic heterocycles. The van der Waals surface area contributed by atoms with Crippen LogP contribution < -0.4 is 5.73 Å². The van der Waals surface area contributed by atoms with Crippen LogP contribution in [0.25, 0.3) is 22.1 Å². The molecule has 0 unspecified atom stereocenters. The lowest BCUT2D eigenvalue weighted by Crippen LogP contribution is -2.02. The van der Waals surface area contributed by atoms with E-state index < -0.39 is 0 Å². The van der Waals surface area contributed by atoms with Gasteiger partial charge in [0, 0.05) is 14.6 Å². The minimum absolute atomic E-state index is 0. The third-order valence-corrected chi connectivity index (χ3v) is 4.20. The molecule has 9 nitrogen and oxygen atoms in total. The molecule has 0 saturated heterocycles. The van der Waals surface area contributed by atoms with Crippen molar-refractivity contribution in [3.63, 3.8) is 0 Å². The number of aromatic nitrogens is 4. The Kier molecular flexibility index (Phi) is 14.0. The highest BCUT2D eigenvalue weighted by atomic mass is 35.5. The van der Waals surface area contributed by atoms with Gasteiger partial charge in [-0.2, -0.15) is 0 Å². The first-order valence-electron chi connectivity index (χ1n) is 8.55. The maximum Gasteiger partial charge on any atom is 0.167 e. The third kappa shape index (κ3) is 8.62. The first kappa shape index (κ1) is 28.5. The highest BCUT2D eigenvalue weighted by Gasteiger charge is 2.04. The molecule has 0 spiro atoms. The predicted octanol–water partition coefficient (Wildman–Crippen LogP) is 4.69. The second-order valence-corrected chi connectivity index (χ2v) is 6.34. The summed E-state index contributed by atoms with van der Waals surface area (Å²) in [5, 5.41) is 8.45. The second-order valence-electron chi connectivity index (χ2n) is 5.26. The van der Waals surface area contributed by atoms with Crippen molar-refractivity contribution in [2.45, 2.75) is 13.5 Å². The standard InChI is InChI=1S/C9H8ClN3.C8H4Cl2N2.C2H6O.H2N2.H2O.H2/c10-9-8(5-11)12-6-3-1-2-4-7(6)13-9;9-7-8(10)12-6-4-2-1-3-5(6)11-7;1-2-3;1-2;;/h1-4H,5,11H2;1-4H;3H,2H2,1H3;1-2H;1H2;1H.